The van der Waals surface area contributed by atoms with Crippen LogP contribution in [0.15, 0.2) is 76.3 Å². The van der Waals surface area contributed by atoms with Gasteiger partial charge in [0, 0.05) is 23.0 Å². The fourth-order valence-electron chi connectivity index (χ4n) is 3.09. The molecular formula is C27H28BrN3O5. The van der Waals surface area contributed by atoms with E-state index in [1.54, 1.807) is 43.5 Å². The van der Waals surface area contributed by atoms with Gasteiger partial charge in [-0.25, -0.2) is 5.43 Å². The Bertz CT molecular complexity index is 1180. The van der Waals surface area contributed by atoms with Crippen LogP contribution in [-0.4, -0.2) is 31.7 Å². The molecule has 0 heterocycles. The minimum atomic E-state index is -0.365. The van der Waals surface area contributed by atoms with E-state index in [1.807, 2.05) is 37.3 Å². The smallest absolute Gasteiger partial charge is 0.240 e. The lowest BCUT2D eigenvalue weighted by atomic mass is 10.2. The fraction of sp³-hybridized carbons (Fsp3) is 0.222. The van der Waals surface area contributed by atoms with Gasteiger partial charge in [-0.2, -0.15) is 5.10 Å². The summed E-state index contributed by atoms with van der Waals surface area (Å²) in [5.74, 6) is 1.26. The van der Waals surface area contributed by atoms with Crippen LogP contribution in [-0.2, 0) is 16.2 Å². The molecule has 0 atom stereocenters. The minimum Gasteiger partial charge on any atom is -0.497 e. The van der Waals surface area contributed by atoms with Gasteiger partial charge >= 0.3 is 0 Å². The number of halogens is 1. The lowest BCUT2D eigenvalue weighted by Crippen LogP contribution is -2.20. The highest BCUT2D eigenvalue weighted by Gasteiger charge is 2.09. The van der Waals surface area contributed by atoms with E-state index in [9.17, 15) is 9.59 Å². The molecule has 0 aliphatic heterocycles. The van der Waals surface area contributed by atoms with Crippen molar-refractivity contribution in [3.8, 4) is 17.2 Å². The van der Waals surface area contributed by atoms with Gasteiger partial charge in [0.25, 0.3) is 0 Å². The van der Waals surface area contributed by atoms with Crippen molar-refractivity contribution in [3.63, 3.8) is 0 Å². The summed E-state index contributed by atoms with van der Waals surface area (Å²) >= 11 is 3.42. The van der Waals surface area contributed by atoms with Crippen molar-refractivity contribution in [1.82, 2.24) is 5.43 Å². The van der Waals surface area contributed by atoms with Crippen LogP contribution in [0.3, 0.4) is 0 Å². The molecule has 8 nitrogen and oxygen atoms in total. The van der Waals surface area contributed by atoms with Crippen molar-refractivity contribution in [1.29, 1.82) is 0 Å². The van der Waals surface area contributed by atoms with E-state index in [4.69, 9.17) is 14.2 Å². The lowest BCUT2D eigenvalue weighted by Gasteiger charge is -2.12. The minimum absolute atomic E-state index is 0.00631. The third kappa shape index (κ3) is 8.74. The number of carbonyl (C=O) groups excluding carboxylic acids is 2. The third-order valence-electron chi connectivity index (χ3n) is 4.93. The average Bonchev–Trinajstić information content (AvgIpc) is 2.88. The van der Waals surface area contributed by atoms with Gasteiger partial charge in [-0.05, 0) is 72.6 Å². The van der Waals surface area contributed by atoms with Gasteiger partial charge in [-0.15, -0.1) is 0 Å². The Morgan fingerprint density at radius 3 is 2.33 bits per heavy atom. The van der Waals surface area contributed by atoms with Gasteiger partial charge < -0.3 is 19.5 Å². The number of amides is 2. The number of nitrogens with zero attached hydrogens (tertiary/aromatic N) is 1. The van der Waals surface area contributed by atoms with Crippen LogP contribution in [0.5, 0.6) is 17.2 Å². The van der Waals surface area contributed by atoms with Gasteiger partial charge in [-0.1, -0.05) is 28.1 Å². The second-order valence-corrected chi connectivity index (χ2v) is 8.54. The SMILES string of the molecule is CCOc1cc(C=NNC(=O)CCC(=O)Nc2ccc(OC)cc2)ccc1OCc1ccc(Br)cc1. The van der Waals surface area contributed by atoms with Gasteiger partial charge in [0.1, 0.15) is 12.4 Å². The molecule has 0 fully saturated rings. The van der Waals surface area contributed by atoms with Gasteiger partial charge in [0.15, 0.2) is 11.5 Å². The number of hydrazone groups is 1. The second-order valence-electron chi connectivity index (χ2n) is 7.62. The number of benzene rings is 3. The summed E-state index contributed by atoms with van der Waals surface area (Å²) in [5.41, 5.74) is 4.84. The average molecular weight is 554 g/mol. The molecule has 2 amide bonds. The number of anilines is 1. The predicted molar refractivity (Wildman–Crippen MR) is 143 cm³/mol. The van der Waals surface area contributed by atoms with Crippen molar-refractivity contribution in [2.75, 3.05) is 19.0 Å². The maximum Gasteiger partial charge on any atom is 0.240 e. The standard InChI is InChI=1S/C27H28BrN3O5/c1-3-35-25-16-20(6-13-24(25)36-18-19-4-7-21(28)8-5-19)17-29-31-27(33)15-14-26(32)30-22-9-11-23(34-2)12-10-22/h4-13,16-17H,3,14-15,18H2,1-2H3,(H,30,32)(H,31,33). The van der Waals surface area contributed by atoms with Gasteiger partial charge in [0.05, 0.1) is 19.9 Å². The van der Waals surface area contributed by atoms with Crippen LogP contribution in [0.1, 0.15) is 30.9 Å². The first-order valence-electron chi connectivity index (χ1n) is 11.4. The maximum atomic E-state index is 12.1. The summed E-state index contributed by atoms with van der Waals surface area (Å²) in [6, 6.07) is 20.3. The van der Waals surface area contributed by atoms with Crippen LogP contribution in [0.4, 0.5) is 5.69 Å². The monoisotopic (exact) mass is 553 g/mol. The van der Waals surface area contributed by atoms with Crippen LogP contribution in [0, 0.1) is 0 Å². The number of hydrogen-bond donors (Lipinski definition) is 2. The zero-order valence-electron chi connectivity index (χ0n) is 20.1. The van der Waals surface area contributed by atoms with E-state index in [0.29, 0.717) is 36.1 Å². The van der Waals surface area contributed by atoms with Crippen molar-refractivity contribution < 1.29 is 23.8 Å². The molecule has 3 rings (SSSR count). The van der Waals surface area contributed by atoms with E-state index < -0.39 is 0 Å². The number of hydrogen-bond acceptors (Lipinski definition) is 6. The predicted octanol–water partition coefficient (Wildman–Crippen LogP) is 5.30. The third-order valence-corrected chi connectivity index (χ3v) is 5.46. The number of ether oxygens (including phenoxy) is 3. The Labute approximate surface area is 218 Å². The lowest BCUT2D eigenvalue weighted by molar-refractivity contribution is -0.124. The number of rotatable bonds is 12. The second kappa shape index (κ2) is 13.9. The molecule has 9 heteroatoms. The molecule has 0 radical (unpaired) electrons. The summed E-state index contributed by atoms with van der Waals surface area (Å²) in [7, 11) is 1.57. The van der Waals surface area contributed by atoms with E-state index in [-0.39, 0.29) is 24.7 Å². The largest absolute Gasteiger partial charge is 0.497 e. The Hall–Kier alpha value is -3.85. The molecule has 0 spiro atoms. The topological polar surface area (TPSA) is 98.2 Å². The molecule has 2 N–H and O–H groups in total. The highest BCUT2D eigenvalue weighted by molar-refractivity contribution is 9.10. The van der Waals surface area contributed by atoms with Crippen molar-refractivity contribution in [3.05, 3.63) is 82.3 Å². The summed E-state index contributed by atoms with van der Waals surface area (Å²) in [4.78, 5) is 24.1. The summed E-state index contributed by atoms with van der Waals surface area (Å²) < 4.78 is 17.7. The fourth-order valence-corrected chi connectivity index (χ4v) is 3.36. The zero-order chi connectivity index (χ0) is 25.8. The zero-order valence-corrected chi connectivity index (χ0v) is 21.7. The van der Waals surface area contributed by atoms with Crippen LogP contribution in [0.25, 0.3) is 0 Å². The molecule has 0 unspecified atom stereocenters. The Kier molecular flexibility index (Phi) is 10.3. The molecular weight excluding hydrogens is 526 g/mol. The summed E-state index contributed by atoms with van der Waals surface area (Å²) in [6.45, 7) is 2.78. The molecule has 0 saturated carbocycles. The molecule has 3 aromatic rings. The Morgan fingerprint density at radius 2 is 1.64 bits per heavy atom. The molecule has 0 saturated heterocycles. The first kappa shape index (κ1) is 26.7. The first-order chi connectivity index (χ1) is 17.5. The van der Waals surface area contributed by atoms with Gasteiger partial charge in [-0.3, -0.25) is 9.59 Å². The molecule has 0 aliphatic rings. The van der Waals surface area contributed by atoms with Crippen molar-refractivity contribution in [2.24, 2.45) is 5.10 Å². The van der Waals surface area contributed by atoms with Crippen molar-refractivity contribution >= 4 is 39.6 Å². The molecule has 0 aliphatic carbocycles. The van der Waals surface area contributed by atoms with Crippen molar-refractivity contribution in [2.45, 2.75) is 26.4 Å². The Balaban J connectivity index is 1.47. The number of methoxy groups -OCH3 is 1. The summed E-state index contributed by atoms with van der Waals surface area (Å²) in [6.07, 6.45) is 1.55. The summed E-state index contributed by atoms with van der Waals surface area (Å²) in [5, 5.41) is 6.72. The first-order valence-corrected chi connectivity index (χ1v) is 12.2. The molecule has 0 bridgehead atoms. The molecule has 188 valence electrons. The molecule has 0 aromatic heterocycles. The van der Waals surface area contributed by atoms with Gasteiger partial charge in [0.2, 0.25) is 11.8 Å². The van der Waals surface area contributed by atoms with E-state index >= 15 is 0 Å². The maximum absolute atomic E-state index is 12.1. The quantitative estimate of drug-likeness (QED) is 0.234. The van der Waals surface area contributed by atoms with E-state index in [2.05, 4.69) is 31.8 Å². The van der Waals surface area contributed by atoms with Crippen LogP contribution < -0.4 is 25.0 Å². The normalized spacial score (nSPS) is 10.6. The molecule has 3 aromatic carbocycles. The highest BCUT2D eigenvalue weighted by atomic mass is 79.9. The number of nitrogens with one attached hydrogen (secondary N) is 2. The molecule has 36 heavy (non-hydrogen) atoms. The number of carbonyl (C=O) groups is 2. The van der Waals surface area contributed by atoms with Crippen LogP contribution in [0.2, 0.25) is 0 Å². The van der Waals surface area contributed by atoms with E-state index in [1.165, 1.54) is 6.21 Å². The van der Waals surface area contributed by atoms with E-state index in [0.717, 1.165) is 15.6 Å². The van der Waals surface area contributed by atoms with Crippen LogP contribution >= 0.6 is 15.9 Å². The Morgan fingerprint density at radius 1 is 0.917 bits per heavy atom. The highest BCUT2D eigenvalue weighted by Crippen LogP contribution is 2.29.